The van der Waals surface area contributed by atoms with Crippen molar-refractivity contribution in [1.29, 1.82) is 0 Å². The molecule has 7 nitrogen and oxygen atoms in total. The minimum atomic E-state index is -0.151. The first kappa shape index (κ1) is 15.9. The third kappa shape index (κ3) is 3.35. The third-order valence-corrected chi connectivity index (χ3v) is 4.20. The van der Waals surface area contributed by atoms with Crippen LogP contribution in [0.4, 0.5) is 0 Å². The molecular weight excluding hydrogens is 318 g/mol. The summed E-state index contributed by atoms with van der Waals surface area (Å²) in [5.74, 6) is 1.16. The predicted octanol–water partition coefficient (Wildman–Crippen LogP) is 2.37. The van der Waals surface area contributed by atoms with Crippen molar-refractivity contribution in [1.82, 2.24) is 25.1 Å². The molecule has 0 aliphatic carbocycles. The van der Waals surface area contributed by atoms with E-state index in [-0.39, 0.29) is 11.9 Å². The Kier molecular flexibility index (Phi) is 4.88. The van der Waals surface area contributed by atoms with Gasteiger partial charge in [0.2, 0.25) is 0 Å². The van der Waals surface area contributed by atoms with Crippen LogP contribution in [0.2, 0.25) is 5.02 Å². The molecule has 2 aromatic rings. The molecule has 122 valence electrons. The largest absolute Gasteiger partial charge is 0.377 e. The molecule has 1 unspecified atom stereocenters. The lowest BCUT2D eigenvalue weighted by Gasteiger charge is -2.34. The fraction of sp³-hybridized carbons (Fsp3) is 0.467. The highest BCUT2D eigenvalue weighted by atomic mass is 35.5. The third-order valence-electron chi connectivity index (χ3n) is 3.89. The van der Waals surface area contributed by atoms with Crippen LogP contribution in [0.25, 0.3) is 0 Å². The van der Waals surface area contributed by atoms with Crippen LogP contribution in [0.5, 0.6) is 0 Å². The number of halogens is 1. The highest BCUT2D eigenvalue weighted by Gasteiger charge is 2.32. The summed E-state index contributed by atoms with van der Waals surface area (Å²) < 4.78 is 5.05. The van der Waals surface area contributed by atoms with E-state index in [1.54, 1.807) is 24.3 Å². The van der Waals surface area contributed by atoms with Gasteiger partial charge in [0.25, 0.3) is 5.91 Å². The highest BCUT2D eigenvalue weighted by Crippen LogP contribution is 2.31. The molecule has 1 fully saturated rings. The zero-order valence-corrected chi connectivity index (χ0v) is 13.6. The van der Waals surface area contributed by atoms with Gasteiger partial charge in [0.1, 0.15) is 6.61 Å². The SMILES string of the molecule is COCc1nc(C2CCCCN2C(=O)c2ccncc2Cl)n[nH]1. The van der Waals surface area contributed by atoms with Crippen molar-refractivity contribution in [3.8, 4) is 0 Å². The number of carbonyl (C=O) groups excluding carboxylic acids is 1. The summed E-state index contributed by atoms with van der Waals surface area (Å²) in [6.07, 6.45) is 5.88. The molecule has 3 rings (SSSR count). The number of pyridine rings is 1. The number of likely N-dealkylation sites (tertiary alicyclic amines) is 1. The Morgan fingerprint density at radius 3 is 3.17 bits per heavy atom. The number of piperidine rings is 1. The van der Waals surface area contributed by atoms with Crippen molar-refractivity contribution >= 4 is 17.5 Å². The van der Waals surface area contributed by atoms with Crippen LogP contribution in [0.1, 0.15) is 47.3 Å². The zero-order valence-electron chi connectivity index (χ0n) is 12.8. The van der Waals surface area contributed by atoms with Gasteiger partial charge in [-0.25, -0.2) is 4.98 Å². The van der Waals surface area contributed by atoms with Gasteiger partial charge in [-0.15, -0.1) is 0 Å². The van der Waals surface area contributed by atoms with Gasteiger partial charge in [-0.1, -0.05) is 11.6 Å². The van der Waals surface area contributed by atoms with E-state index in [9.17, 15) is 4.79 Å². The molecule has 1 aliphatic rings. The first-order chi connectivity index (χ1) is 11.2. The molecule has 0 radical (unpaired) electrons. The first-order valence-corrected chi connectivity index (χ1v) is 7.89. The van der Waals surface area contributed by atoms with E-state index in [1.165, 1.54) is 6.20 Å². The normalized spacial score (nSPS) is 18.2. The smallest absolute Gasteiger partial charge is 0.256 e. The van der Waals surface area contributed by atoms with E-state index in [0.717, 1.165) is 19.3 Å². The Morgan fingerprint density at radius 2 is 2.39 bits per heavy atom. The van der Waals surface area contributed by atoms with E-state index < -0.39 is 0 Å². The summed E-state index contributed by atoms with van der Waals surface area (Å²) in [7, 11) is 1.60. The topological polar surface area (TPSA) is 84.0 Å². The van der Waals surface area contributed by atoms with Crippen LogP contribution in [0, 0.1) is 0 Å². The average Bonchev–Trinajstić information content (AvgIpc) is 3.04. The molecule has 23 heavy (non-hydrogen) atoms. The van der Waals surface area contributed by atoms with Crippen LogP contribution in [-0.2, 0) is 11.3 Å². The van der Waals surface area contributed by atoms with Crippen LogP contribution >= 0.6 is 11.6 Å². The Bertz CT molecular complexity index is 690. The van der Waals surface area contributed by atoms with Crippen molar-refractivity contribution in [3.05, 3.63) is 40.7 Å². The Hall–Kier alpha value is -1.99. The number of hydrogen-bond donors (Lipinski definition) is 1. The lowest BCUT2D eigenvalue weighted by Crippen LogP contribution is -2.39. The number of methoxy groups -OCH3 is 1. The number of aromatic amines is 1. The van der Waals surface area contributed by atoms with Gasteiger partial charge in [-0.05, 0) is 25.3 Å². The van der Waals surface area contributed by atoms with Crippen LogP contribution in [0.3, 0.4) is 0 Å². The van der Waals surface area contributed by atoms with Crippen LogP contribution < -0.4 is 0 Å². The number of amides is 1. The summed E-state index contributed by atoms with van der Waals surface area (Å²) in [6.45, 7) is 1.03. The van der Waals surface area contributed by atoms with Crippen molar-refractivity contribution in [3.63, 3.8) is 0 Å². The second-order valence-corrected chi connectivity index (χ2v) is 5.85. The van der Waals surface area contributed by atoms with E-state index in [0.29, 0.717) is 35.4 Å². The number of ether oxygens (including phenoxy) is 1. The minimum Gasteiger partial charge on any atom is -0.377 e. The fourth-order valence-electron chi connectivity index (χ4n) is 2.81. The van der Waals surface area contributed by atoms with Crippen molar-refractivity contribution in [2.24, 2.45) is 0 Å². The second-order valence-electron chi connectivity index (χ2n) is 5.44. The summed E-state index contributed by atoms with van der Waals surface area (Å²) in [4.78, 5) is 23.0. The van der Waals surface area contributed by atoms with Crippen LogP contribution in [-0.4, -0.2) is 44.6 Å². The molecule has 0 saturated carbocycles. The van der Waals surface area contributed by atoms with Gasteiger partial charge >= 0.3 is 0 Å². The van der Waals surface area contributed by atoms with E-state index in [4.69, 9.17) is 16.3 Å². The lowest BCUT2D eigenvalue weighted by atomic mass is 10.0. The van der Waals surface area contributed by atoms with Gasteiger partial charge in [-0.2, -0.15) is 5.10 Å². The number of rotatable bonds is 4. The molecule has 0 spiro atoms. The second kappa shape index (κ2) is 7.06. The van der Waals surface area contributed by atoms with Gasteiger partial charge in [0, 0.05) is 26.0 Å². The highest BCUT2D eigenvalue weighted by molar-refractivity contribution is 6.33. The van der Waals surface area contributed by atoms with E-state index in [1.807, 2.05) is 0 Å². The molecule has 2 aromatic heterocycles. The van der Waals surface area contributed by atoms with Crippen molar-refractivity contribution in [2.45, 2.75) is 31.9 Å². The van der Waals surface area contributed by atoms with Crippen molar-refractivity contribution < 1.29 is 9.53 Å². The number of aromatic nitrogens is 4. The molecule has 0 aromatic carbocycles. The quantitative estimate of drug-likeness (QED) is 0.927. The number of nitrogens with one attached hydrogen (secondary N) is 1. The maximum atomic E-state index is 12.9. The lowest BCUT2D eigenvalue weighted by molar-refractivity contribution is 0.0600. The number of hydrogen-bond acceptors (Lipinski definition) is 5. The van der Waals surface area contributed by atoms with Gasteiger partial charge in [-0.3, -0.25) is 14.9 Å². The Balaban J connectivity index is 1.86. The summed E-state index contributed by atoms with van der Waals surface area (Å²) in [5.41, 5.74) is 0.459. The molecule has 8 heteroatoms. The molecular formula is C15H18ClN5O2. The van der Waals surface area contributed by atoms with Gasteiger partial charge in [0.05, 0.1) is 16.6 Å². The number of nitrogens with zero attached hydrogens (tertiary/aromatic N) is 4. The summed E-state index contributed by atoms with van der Waals surface area (Å²) in [5, 5.41) is 7.46. The van der Waals surface area contributed by atoms with E-state index in [2.05, 4.69) is 20.2 Å². The Labute approximate surface area is 139 Å². The van der Waals surface area contributed by atoms with E-state index >= 15 is 0 Å². The molecule has 1 atom stereocenters. The maximum absolute atomic E-state index is 12.9. The summed E-state index contributed by atoms with van der Waals surface area (Å²) in [6, 6.07) is 1.49. The zero-order chi connectivity index (χ0) is 16.2. The van der Waals surface area contributed by atoms with Crippen LogP contribution in [0.15, 0.2) is 18.5 Å². The summed E-state index contributed by atoms with van der Waals surface area (Å²) >= 11 is 6.11. The minimum absolute atomic E-state index is 0.111. The standard InChI is InChI=1S/C15H18ClN5O2/c1-23-9-13-18-14(20-19-13)12-4-2-3-7-21(12)15(22)10-5-6-17-8-11(10)16/h5-6,8,12H,2-4,7,9H2,1H3,(H,18,19,20). The Morgan fingerprint density at radius 1 is 1.52 bits per heavy atom. The monoisotopic (exact) mass is 335 g/mol. The number of H-pyrrole nitrogens is 1. The van der Waals surface area contributed by atoms with Crippen molar-refractivity contribution in [2.75, 3.05) is 13.7 Å². The molecule has 3 heterocycles. The van der Waals surface area contributed by atoms with Gasteiger partial charge < -0.3 is 9.64 Å². The predicted molar refractivity (Wildman–Crippen MR) is 84.0 cm³/mol. The first-order valence-electron chi connectivity index (χ1n) is 7.51. The molecule has 1 N–H and O–H groups in total. The van der Waals surface area contributed by atoms with Gasteiger partial charge in [0.15, 0.2) is 11.6 Å². The fourth-order valence-corrected chi connectivity index (χ4v) is 3.01. The number of carbonyl (C=O) groups is 1. The maximum Gasteiger partial charge on any atom is 0.256 e. The molecule has 1 aliphatic heterocycles. The molecule has 0 bridgehead atoms. The average molecular weight is 336 g/mol. The molecule has 1 amide bonds. The molecule has 1 saturated heterocycles.